The molecule has 2 unspecified atom stereocenters. The molecule has 0 radical (unpaired) electrons. The zero-order valence-corrected chi connectivity index (χ0v) is 24.3. The molecule has 1 saturated heterocycles. The number of fused-ring (bicyclic) bond motifs is 4. The molecular weight excluding hydrogens is 555 g/mol. The third-order valence-electron chi connectivity index (χ3n) is 14.8. The summed E-state index contributed by atoms with van der Waals surface area (Å²) < 4.78 is 0. The van der Waals surface area contributed by atoms with Crippen molar-refractivity contribution in [1.29, 1.82) is 0 Å². The van der Waals surface area contributed by atoms with Gasteiger partial charge in [0.1, 0.15) is 0 Å². The number of rotatable bonds is 1. The van der Waals surface area contributed by atoms with Crippen LogP contribution in [-0.2, 0) is 5.41 Å². The zero-order valence-electron chi connectivity index (χ0n) is 24.3. The minimum atomic E-state index is -0.0914. The maximum absolute atomic E-state index is 6.08. The van der Waals surface area contributed by atoms with E-state index in [0.717, 1.165) is 13.0 Å². The second-order valence-corrected chi connectivity index (χ2v) is 15.6. The molecule has 2 aliphatic carbocycles. The van der Waals surface area contributed by atoms with Crippen LogP contribution in [0.15, 0.2) is 48.5 Å². The Bertz CT molecular complexity index is 3850. The van der Waals surface area contributed by atoms with Crippen LogP contribution in [0.4, 0.5) is 0 Å². The summed E-state index contributed by atoms with van der Waals surface area (Å²) in [5.74, 6) is 3.40. The Labute approximate surface area is 258 Å². The van der Waals surface area contributed by atoms with Crippen molar-refractivity contribution in [3.05, 3.63) is 64.9 Å². The van der Waals surface area contributed by atoms with Crippen molar-refractivity contribution in [3.8, 4) is 12.3 Å². The molecule has 14 aromatic rings. The quantitative estimate of drug-likeness (QED) is 0.153. The highest BCUT2D eigenvalue weighted by Crippen LogP contribution is 2.69. The Morgan fingerprint density at radius 1 is 0.522 bits per heavy atom. The molecule has 3 atom stereocenters. The summed E-state index contributed by atoms with van der Waals surface area (Å²) >= 11 is 0. The minimum Gasteiger partial charge on any atom is -0.311 e. The molecule has 1 spiro atoms. The summed E-state index contributed by atoms with van der Waals surface area (Å²) in [5, 5.41) is 45.1. The molecule has 0 saturated carbocycles. The van der Waals surface area contributed by atoms with Crippen molar-refractivity contribution in [3.63, 3.8) is 0 Å². The summed E-state index contributed by atoms with van der Waals surface area (Å²) in [4.78, 5) is 0. The zero-order chi connectivity index (χ0) is 28.6. The van der Waals surface area contributed by atoms with Crippen LogP contribution in [0.3, 0.4) is 0 Å². The van der Waals surface area contributed by atoms with Gasteiger partial charge in [-0.05, 0) is 156 Å². The highest BCUT2D eigenvalue weighted by Gasteiger charge is 2.57. The van der Waals surface area contributed by atoms with Crippen molar-refractivity contribution >= 4 is 146 Å². The Morgan fingerprint density at radius 3 is 1.52 bits per heavy atom. The predicted molar refractivity (Wildman–Crippen MR) is 195 cm³/mol. The Hall–Kier alpha value is -5.42. The molecule has 0 aromatic heterocycles. The van der Waals surface area contributed by atoms with Crippen LogP contribution in [0, 0.1) is 18.3 Å². The van der Waals surface area contributed by atoms with E-state index in [0.29, 0.717) is 5.92 Å². The number of hydrogen-bond donors (Lipinski definition) is 1. The second-order valence-electron chi connectivity index (χ2n) is 15.6. The lowest BCUT2D eigenvalue weighted by Gasteiger charge is -2.36. The van der Waals surface area contributed by atoms with Crippen molar-refractivity contribution in [2.75, 3.05) is 6.54 Å². The first kappa shape index (κ1) is 19.9. The first-order valence-corrected chi connectivity index (χ1v) is 16.9. The fourth-order valence-electron chi connectivity index (χ4n) is 13.8. The first-order chi connectivity index (χ1) is 22.8. The second kappa shape index (κ2) is 5.19. The van der Waals surface area contributed by atoms with Gasteiger partial charge in [0, 0.05) is 30.3 Å². The minimum absolute atomic E-state index is 0.0914. The van der Waals surface area contributed by atoms with Gasteiger partial charge >= 0.3 is 0 Å². The highest BCUT2D eigenvalue weighted by atomic mass is 15.0. The Kier molecular flexibility index (Phi) is 2.24. The van der Waals surface area contributed by atoms with Gasteiger partial charge in [0.25, 0.3) is 0 Å². The maximum atomic E-state index is 6.08. The monoisotopic (exact) mass is 571 g/mol. The van der Waals surface area contributed by atoms with E-state index in [9.17, 15) is 0 Å². The van der Waals surface area contributed by atoms with E-state index in [1.54, 1.807) is 75.8 Å². The van der Waals surface area contributed by atoms with Crippen molar-refractivity contribution < 1.29 is 0 Å². The molecule has 1 aliphatic heterocycles. The molecule has 3 aliphatic rings. The first-order valence-electron chi connectivity index (χ1n) is 16.9. The molecule has 0 amide bonds. The standard InChI is InChI=1S/C45H17N/c1-2-3-24-23-12-21-20-9-8-17-16-5-4-14-15-6-7-18-19-10-11-22-33-31(19)36-28(18)27(15)34-25(14)26(16)35-29(17)30(20)37-32(21)44(45(22,23)13-46-24)43(33)42-40(36)38(34)39(35)41(37)42/h1,4-12,23-24,46H,3,13H2/t23?,24?,45-/m1/s1. The predicted octanol–water partition coefficient (Wildman–Crippen LogP) is 9.78. The van der Waals surface area contributed by atoms with Crippen molar-refractivity contribution in [2.45, 2.75) is 17.9 Å². The SMILES string of the molecule is C#CCC1NC[C@]23c4ccc5c6ccc7c8ccc9c%10ccc%11c(c%12c2c2c4c5c4c6c7c5c8c9c6c%10c%11c%12c7c2c4c5c67)=CC13. The molecule has 14 aromatic carbocycles. The van der Waals surface area contributed by atoms with Gasteiger partial charge in [-0.15, -0.1) is 12.3 Å². The normalized spacial score (nSPS) is 23.4. The molecule has 1 N–H and O–H groups in total. The van der Waals surface area contributed by atoms with Crippen LogP contribution in [0.25, 0.3) is 146 Å². The van der Waals surface area contributed by atoms with Crippen molar-refractivity contribution in [1.82, 2.24) is 5.32 Å². The molecule has 0 bridgehead atoms. The molecule has 202 valence electrons. The topological polar surface area (TPSA) is 12.0 Å². The van der Waals surface area contributed by atoms with E-state index in [2.05, 4.69) is 65.8 Å². The summed E-state index contributed by atoms with van der Waals surface area (Å²) in [6, 6.07) is 20.1. The Balaban J connectivity index is 1.41. The third kappa shape index (κ3) is 1.34. The van der Waals surface area contributed by atoms with Gasteiger partial charge in [0.05, 0.1) is 0 Å². The third-order valence-corrected chi connectivity index (χ3v) is 14.8. The average Bonchev–Trinajstić information content (AvgIpc) is 3.92. The van der Waals surface area contributed by atoms with Gasteiger partial charge in [0.2, 0.25) is 0 Å². The van der Waals surface area contributed by atoms with Crippen LogP contribution in [-0.4, -0.2) is 12.6 Å². The fourth-order valence-corrected chi connectivity index (χ4v) is 13.8. The lowest BCUT2D eigenvalue weighted by Crippen LogP contribution is -2.39. The highest BCUT2D eigenvalue weighted by molar-refractivity contribution is 6.67. The van der Waals surface area contributed by atoms with E-state index < -0.39 is 0 Å². The van der Waals surface area contributed by atoms with Gasteiger partial charge < -0.3 is 5.32 Å². The van der Waals surface area contributed by atoms with Crippen LogP contribution in [0.2, 0.25) is 0 Å². The summed E-state index contributed by atoms with van der Waals surface area (Å²) in [7, 11) is 0. The van der Waals surface area contributed by atoms with Gasteiger partial charge in [-0.2, -0.15) is 0 Å². The summed E-state index contributed by atoms with van der Waals surface area (Å²) in [6.07, 6.45) is 9.53. The van der Waals surface area contributed by atoms with Crippen LogP contribution >= 0.6 is 0 Å². The molecule has 46 heavy (non-hydrogen) atoms. The molecule has 1 heteroatoms. The maximum Gasteiger partial charge on any atom is 0.0424 e. The van der Waals surface area contributed by atoms with Crippen LogP contribution in [0.5, 0.6) is 0 Å². The number of hydrogen-bond acceptors (Lipinski definition) is 1. The van der Waals surface area contributed by atoms with E-state index in [4.69, 9.17) is 6.42 Å². The molecule has 1 heterocycles. The average molecular weight is 572 g/mol. The van der Waals surface area contributed by atoms with E-state index in [1.165, 1.54) is 80.6 Å². The van der Waals surface area contributed by atoms with Gasteiger partial charge in [-0.25, -0.2) is 0 Å². The summed E-state index contributed by atoms with van der Waals surface area (Å²) in [6.45, 7) is 0.956. The van der Waals surface area contributed by atoms with Crippen LogP contribution < -0.4 is 10.5 Å². The van der Waals surface area contributed by atoms with Crippen LogP contribution in [0.1, 0.15) is 17.5 Å². The number of terminal acetylenes is 1. The molecule has 17 rings (SSSR count). The number of nitrogens with one attached hydrogen (secondary N) is 1. The van der Waals surface area contributed by atoms with Crippen molar-refractivity contribution in [2.24, 2.45) is 5.92 Å². The van der Waals surface area contributed by atoms with Gasteiger partial charge in [0.15, 0.2) is 0 Å². The molecular formula is C45H17N. The Morgan fingerprint density at radius 2 is 0.957 bits per heavy atom. The van der Waals surface area contributed by atoms with Gasteiger partial charge in [-0.3, -0.25) is 0 Å². The fraction of sp³-hybridized carbons (Fsp3) is 0.111. The van der Waals surface area contributed by atoms with Gasteiger partial charge in [-0.1, -0.05) is 54.6 Å². The summed E-state index contributed by atoms with van der Waals surface area (Å²) in [5.41, 5.74) is 3.10. The van der Waals surface area contributed by atoms with E-state index in [1.807, 2.05) is 0 Å². The number of benzene rings is 9. The largest absolute Gasteiger partial charge is 0.311 e. The lowest BCUT2D eigenvalue weighted by atomic mass is 9.64. The smallest absolute Gasteiger partial charge is 0.0424 e. The lowest BCUT2D eigenvalue weighted by molar-refractivity contribution is 0.460. The molecule has 1 nitrogen and oxygen atoms in total. The molecule has 1 fully saturated rings. The van der Waals surface area contributed by atoms with E-state index in [-0.39, 0.29) is 11.5 Å². The van der Waals surface area contributed by atoms with E-state index >= 15 is 0 Å².